The highest BCUT2D eigenvalue weighted by Gasteiger charge is 2.34. The monoisotopic (exact) mass is 302 g/mol. The lowest BCUT2D eigenvalue weighted by molar-refractivity contribution is 0.130. The van der Waals surface area contributed by atoms with E-state index in [0.29, 0.717) is 5.41 Å². The maximum Gasteiger partial charge on any atom is 0.0701 e. The Balaban J connectivity index is 1.65. The molecule has 3 N–H and O–H groups in total. The molecule has 0 aliphatic heterocycles. The van der Waals surface area contributed by atoms with Gasteiger partial charge >= 0.3 is 0 Å². The molecule has 2 rings (SSSR count). The van der Waals surface area contributed by atoms with Crippen molar-refractivity contribution in [3.8, 4) is 0 Å². The van der Waals surface area contributed by atoms with Gasteiger partial charge < -0.3 is 11.1 Å². The molecule has 0 amide bonds. The number of nitrogens with two attached hydrogens (primary N) is 1. The molecule has 0 spiro atoms. The Morgan fingerprint density at radius 2 is 2.25 bits per heavy atom. The van der Waals surface area contributed by atoms with Crippen LogP contribution in [-0.4, -0.2) is 13.1 Å². The number of nitrogens with one attached hydrogen (secondary N) is 1. The van der Waals surface area contributed by atoms with Gasteiger partial charge in [0.15, 0.2) is 0 Å². The molecule has 0 atom stereocenters. The van der Waals surface area contributed by atoms with Gasteiger partial charge in [-0.2, -0.15) is 0 Å². The minimum atomic E-state index is 0.475. The SMILES string of the molecule is NCC1(CCNCc2ccc(Br)s2)CCC1. The maximum atomic E-state index is 5.83. The molecule has 4 heteroatoms. The third kappa shape index (κ3) is 3.06. The number of hydrogen-bond acceptors (Lipinski definition) is 3. The molecule has 0 saturated heterocycles. The highest BCUT2D eigenvalue weighted by molar-refractivity contribution is 9.11. The fourth-order valence-corrected chi connectivity index (χ4v) is 3.70. The van der Waals surface area contributed by atoms with Crippen molar-refractivity contribution >= 4 is 27.3 Å². The van der Waals surface area contributed by atoms with Crippen molar-refractivity contribution in [2.45, 2.75) is 32.2 Å². The molecule has 1 aliphatic carbocycles. The quantitative estimate of drug-likeness (QED) is 0.792. The largest absolute Gasteiger partial charge is 0.330 e. The van der Waals surface area contributed by atoms with Crippen molar-refractivity contribution in [3.05, 3.63) is 20.8 Å². The van der Waals surface area contributed by atoms with Gasteiger partial charge in [0.25, 0.3) is 0 Å². The van der Waals surface area contributed by atoms with Crippen LogP contribution in [0, 0.1) is 5.41 Å². The maximum absolute atomic E-state index is 5.83. The topological polar surface area (TPSA) is 38.0 Å². The summed E-state index contributed by atoms with van der Waals surface area (Å²) in [6.07, 6.45) is 5.26. The van der Waals surface area contributed by atoms with Crippen LogP contribution >= 0.6 is 27.3 Å². The molecular formula is C12H19BrN2S. The van der Waals surface area contributed by atoms with Gasteiger partial charge in [-0.25, -0.2) is 0 Å². The van der Waals surface area contributed by atoms with Crippen LogP contribution in [0.3, 0.4) is 0 Å². The van der Waals surface area contributed by atoms with E-state index >= 15 is 0 Å². The number of rotatable bonds is 6. The second-order valence-electron chi connectivity index (χ2n) is 4.69. The van der Waals surface area contributed by atoms with Gasteiger partial charge in [-0.05, 0) is 65.8 Å². The molecule has 16 heavy (non-hydrogen) atoms. The first-order valence-corrected chi connectivity index (χ1v) is 7.50. The van der Waals surface area contributed by atoms with Gasteiger partial charge in [0.05, 0.1) is 3.79 Å². The summed E-state index contributed by atoms with van der Waals surface area (Å²) in [6.45, 7) is 2.93. The van der Waals surface area contributed by atoms with Gasteiger partial charge in [-0.15, -0.1) is 11.3 Å². The van der Waals surface area contributed by atoms with Crippen LogP contribution in [-0.2, 0) is 6.54 Å². The zero-order valence-electron chi connectivity index (χ0n) is 9.47. The van der Waals surface area contributed by atoms with E-state index in [1.165, 1.54) is 34.3 Å². The molecule has 1 fully saturated rings. The van der Waals surface area contributed by atoms with E-state index in [4.69, 9.17) is 5.73 Å². The standard InChI is InChI=1S/C12H19BrN2S/c13-11-3-2-10(16-11)8-15-7-6-12(9-14)4-1-5-12/h2-3,15H,1,4-9,14H2. The third-order valence-electron chi connectivity index (χ3n) is 3.61. The van der Waals surface area contributed by atoms with E-state index in [1.807, 2.05) is 0 Å². The summed E-state index contributed by atoms with van der Waals surface area (Å²) in [5.41, 5.74) is 6.31. The summed E-state index contributed by atoms with van der Waals surface area (Å²) >= 11 is 5.28. The Morgan fingerprint density at radius 3 is 2.75 bits per heavy atom. The average molecular weight is 303 g/mol. The summed E-state index contributed by atoms with van der Waals surface area (Å²) in [6, 6.07) is 4.28. The Morgan fingerprint density at radius 1 is 1.44 bits per heavy atom. The Kier molecular flexibility index (Phi) is 4.41. The van der Waals surface area contributed by atoms with E-state index in [-0.39, 0.29) is 0 Å². The molecule has 0 bridgehead atoms. The second kappa shape index (κ2) is 5.63. The number of hydrogen-bond donors (Lipinski definition) is 2. The zero-order valence-corrected chi connectivity index (χ0v) is 11.9. The summed E-state index contributed by atoms with van der Waals surface area (Å²) in [4.78, 5) is 1.39. The highest BCUT2D eigenvalue weighted by Crippen LogP contribution is 2.42. The van der Waals surface area contributed by atoms with E-state index in [1.54, 1.807) is 11.3 Å². The molecular weight excluding hydrogens is 284 g/mol. The van der Waals surface area contributed by atoms with E-state index in [0.717, 1.165) is 19.6 Å². The van der Waals surface area contributed by atoms with Crippen LogP contribution in [0.4, 0.5) is 0 Å². The first-order valence-electron chi connectivity index (χ1n) is 5.89. The van der Waals surface area contributed by atoms with Crippen molar-refractivity contribution in [2.75, 3.05) is 13.1 Å². The van der Waals surface area contributed by atoms with Gasteiger partial charge in [0, 0.05) is 11.4 Å². The van der Waals surface area contributed by atoms with Crippen LogP contribution < -0.4 is 11.1 Å². The zero-order chi connectivity index (χ0) is 11.4. The molecule has 1 aromatic rings. The summed E-state index contributed by atoms with van der Waals surface area (Å²) in [5, 5.41) is 3.51. The number of thiophene rings is 1. The van der Waals surface area contributed by atoms with Crippen molar-refractivity contribution < 1.29 is 0 Å². The Hall–Kier alpha value is 0.1000. The predicted octanol–water partition coefficient (Wildman–Crippen LogP) is 3.12. The third-order valence-corrected chi connectivity index (χ3v) is 5.23. The number of halogens is 1. The van der Waals surface area contributed by atoms with Crippen molar-refractivity contribution in [2.24, 2.45) is 11.1 Å². The predicted molar refractivity (Wildman–Crippen MR) is 73.7 cm³/mol. The molecule has 2 nitrogen and oxygen atoms in total. The van der Waals surface area contributed by atoms with Gasteiger partial charge in [-0.1, -0.05) is 6.42 Å². The molecule has 0 radical (unpaired) electrons. The van der Waals surface area contributed by atoms with Gasteiger partial charge in [0.1, 0.15) is 0 Å². The normalized spacial score (nSPS) is 18.4. The minimum Gasteiger partial charge on any atom is -0.330 e. The van der Waals surface area contributed by atoms with Crippen LogP contribution in [0.25, 0.3) is 0 Å². The van der Waals surface area contributed by atoms with Crippen molar-refractivity contribution in [3.63, 3.8) is 0 Å². The molecule has 0 aromatic carbocycles. The van der Waals surface area contributed by atoms with Gasteiger partial charge in [0.2, 0.25) is 0 Å². The second-order valence-corrected chi connectivity index (χ2v) is 7.24. The highest BCUT2D eigenvalue weighted by atomic mass is 79.9. The smallest absolute Gasteiger partial charge is 0.0701 e. The minimum absolute atomic E-state index is 0.475. The summed E-state index contributed by atoms with van der Waals surface area (Å²) in [5.74, 6) is 0. The van der Waals surface area contributed by atoms with Crippen LogP contribution in [0.2, 0.25) is 0 Å². The van der Waals surface area contributed by atoms with Crippen molar-refractivity contribution in [1.29, 1.82) is 0 Å². The fraction of sp³-hybridized carbons (Fsp3) is 0.667. The molecule has 1 aliphatic rings. The first-order chi connectivity index (χ1) is 7.74. The van der Waals surface area contributed by atoms with E-state index in [9.17, 15) is 0 Å². The lowest BCUT2D eigenvalue weighted by Crippen LogP contribution is -2.39. The van der Waals surface area contributed by atoms with Crippen LogP contribution in [0.15, 0.2) is 15.9 Å². The summed E-state index contributed by atoms with van der Waals surface area (Å²) < 4.78 is 1.21. The van der Waals surface area contributed by atoms with Gasteiger partial charge in [-0.3, -0.25) is 0 Å². The lowest BCUT2D eigenvalue weighted by Gasteiger charge is -2.41. The molecule has 1 saturated carbocycles. The van der Waals surface area contributed by atoms with Crippen molar-refractivity contribution in [1.82, 2.24) is 5.32 Å². The molecule has 1 aromatic heterocycles. The average Bonchev–Trinajstić information content (AvgIpc) is 2.62. The van der Waals surface area contributed by atoms with Crippen LogP contribution in [0.1, 0.15) is 30.6 Å². The Labute approximate surface area is 110 Å². The Bertz CT molecular complexity index is 328. The summed E-state index contributed by atoms with van der Waals surface area (Å²) in [7, 11) is 0. The van der Waals surface area contributed by atoms with E-state index < -0.39 is 0 Å². The molecule has 1 heterocycles. The first kappa shape index (κ1) is 12.6. The van der Waals surface area contributed by atoms with E-state index in [2.05, 4.69) is 33.4 Å². The lowest BCUT2D eigenvalue weighted by atomic mass is 9.67. The molecule has 90 valence electrons. The molecule has 0 unspecified atom stereocenters. The fourth-order valence-electron chi connectivity index (χ4n) is 2.24. The van der Waals surface area contributed by atoms with Crippen LogP contribution in [0.5, 0.6) is 0 Å².